The Bertz CT molecular complexity index is 619. The Kier molecular flexibility index (Phi) is 4.10. The van der Waals surface area contributed by atoms with Crippen LogP contribution in [0.4, 0.5) is 0 Å². The normalized spacial score (nSPS) is 10.1. The van der Waals surface area contributed by atoms with E-state index in [1.165, 1.54) is 0 Å². The van der Waals surface area contributed by atoms with Gasteiger partial charge < -0.3 is 11.1 Å². The lowest BCUT2D eigenvalue weighted by Crippen LogP contribution is -2.23. The van der Waals surface area contributed by atoms with Crippen LogP contribution in [-0.2, 0) is 6.54 Å². The van der Waals surface area contributed by atoms with Gasteiger partial charge in [-0.15, -0.1) is 0 Å². The molecular formula is C15H15N3O2. The van der Waals surface area contributed by atoms with Crippen molar-refractivity contribution in [2.24, 2.45) is 5.73 Å². The van der Waals surface area contributed by atoms with Crippen LogP contribution in [0, 0.1) is 6.92 Å². The quantitative estimate of drug-likeness (QED) is 0.880. The summed E-state index contributed by atoms with van der Waals surface area (Å²) < 4.78 is 0. The highest BCUT2D eigenvalue weighted by molar-refractivity contribution is 5.94. The zero-order chi connectivity index (χ0) is 14.5. The first-order valence-corrected chi connectivity index (χ1v) is 6.16. The van der Waals surface area contributed by atoms with Crippen LogP contribution in [0.5, 0.6) is 0 Å². The Labute approximate surface area is 116 Å². The summed E-state index contributed by atoms with van der Waals surface area (Å²) in [4.78, 5) is 26.9. The first-order chi connectivity index (χ1) is 9.56. The molecule has 20 heavy (non-hydrogen) atoms. The smallest absolute Gasteiger partial charge is 0.253 e. The molecule has 102 valence electrons. The Morgan fingerprint density at radius 1 is 1.10 bits per heavy atom. The van der Waals surface area contributed by atoms with Gasteiger partial charge >= 0.3 is 0 Å². The Morgan fingerprint density at radius 3 is 2.30 bits per heavy atom. The van der Waals surface area contributed by atoms with Crippen molar-refractivity contribution in [3.05, 3.63) is 65.0 Å². The fourth-order valence-electron chi connectivity index (χ4n) is 1.67. The zero-order valence-electron chi connectivity index (χ0n) is 11.1. The number of aromatic nitrogens is 1. The lowest BCUT2D eigenvalue weighted by Gasteiger charge is -2.06. The van der Waals surface area contributed by atoms with Gasteiger partial charge in [-0.05, 0) is 36.8 Å². The van der Waals surface area contributed by atoms with Crippen LogP contribution in [0.25, 0.3) is 0 Å². The number of nitrogens with two attached hydrogens (primary N) is 1. The third kappa shape index (κ3) is 3.41. The van der Waals surface area contributed by atoms with E-state index in [2.05, 4.69) is 10.3 Å². The Hall–Kier alpha value is -2.69. The number of aryl methyl sites for hydroxylation is 1. The van der Waals surface area contributed by atoms with Crippen molar-refractivity contribution in [2.45, 2.75) is 13.5 Å². The number of pyridine rings is 1. The highest BCUT2D eigenvalue weighted by Crippen LogP contribution is 2.05. The Balaban J connectivity index is 1.96. The van der Waals surface area contributed by atoms with E-state index in [4.69, 9.17) is 5.73 Å². The molecule has 5 nitrogen and oxygen atoms in total. The fourth-order valence-corrected chi connectivity index (χ4v) is 1.67. The summed E-state index contributed by atoms with van der Waals surface area (Å²) in [6, 6.07) is 10.3. The van der Waals surface area contributed by atoms with Gasteiger partial charge in [-0.3, -0.25) is 14.6 Å². The van der Waals surface area contributed by atoms with E-state index in [1.54, 1.807) is 42.6 Å². The molecule has 5 heteroatoms. The molecule has 1 heterocycles. The van der Waals surface area contributed by atoms with E-state index >= 15 is 0 Å². The van der Waals surface area contributed by atoms with E-state index in [0.29, 0.717) is 17.7 Å². The topological polar surface area (TPSA) is 85.1 Å². The second-order valence-corrected chi connectivity index (χ2v) is 4.43. The van der Waals surface area contributed by atoms with Gasteiger partial charge in [0.2, 0.25) is 5.91 Å². The van der Waals surface area contributed by atoms with Gasteiger partial charge in [0.15, 0.2) is 0 Å². The highest BCUT2D eigenvalue weighted by atomic mass is 16.2. The van der Waals surface area contributed by atoms with Gasteiger partial charge in [-0.25, -0.2) is 0 Å². The minimum atomic E-state index is -0.466. The number of hydrogen-bond acceptors (Lipinski definition) is 3. The summed E-state index contributed by atoms with van der Waals surface area (Å²) in [6.45, 7) is 2.24. The van der Waals surface area contributed by atoms with Crippen molar-refractivity contribution >= 4 is 11.8 Å². The second-order valence-electron chi connectivity index (χ2n) is 4.43. The lowest BCUT2D eigenvalue weighted by molar-refractivity contribution is 0.0949. The SMILES string of the molecule is Cc1ccc(C(=O)NCc2ccc(C(N)=O)cc2)cn1. The van der Waals surface area contributed by atoms with Gasteiger partial charge in [-0.2, -0.15) is 0 Å². The van der Waals surface area contributed by atoms with Crippen LogP contribution >= 0.6 is 0 Å². The van der Waals surface area contributed by atoms with Crippen LogP contribution in [0.15, 0.2) is 42.6 Å². The number of primary amides is 1. The van der Waals surface area contributed by atoms with Crippen molar-refractivity contribution in [1.82, 2.24) is 10.3 Å². The number of carbonyl (C=O) groups is 2. The molecule has 0 radical (unpaired) electrons. The number of carbonyl (C=O) groups excluding carboxylic acids is 2. The average molecular weight is 269 g/mol. The van der Waals surface area contributed by atoms with Crippen molar-refractivity contribution in [3.63, 3.8) is 0 Å². The molecule has 3 N–H and O–H groups in total. The van der Waals surface area contributed by atoms with E-state index in [0.717, 1.165) is 11.3 Å². The molecule has 1 aromatic carbocycles. The molecular weight excluding hydrogens is 254 g/mol. The molecule has 2 amide bonds. The van der Waals surface area contributed by atoms with E-state index in [1.807, 2.05) is 6.92 Å². The highest BCUT2D eigenvalue weighted by Gasteiger charge is 2.05. The molecule has 2 rings (SSSR count). The summed E-state index contributed by atoms with van der Waals surface area (Å²) >= 11 is 0. The largest absolute Gasteiger partial charge is 0.366 e. The van der Waals surface area contributed by atoms with Crippen LogP contribution in [0.2, 0.25) is 0 Å². The lowest BCUT2D eigenvalue weighted by atomic mass is 10.1. The van der Waals surface area contributed by atoms with Gasteiger partial charge in [0.1, 0.15) is 0 Å². The molecule has 0 aliphatic carbocycles. The maximum absolute atomic E-state index is 11.9. The molecule has 0 bridgehead atoms. The first kappa shape index (κ1) is 13.7. The predicted octanol–water partition coefficient (Wildman–Crippen LogP) is 1.42. The van der Waals surface area contributed by atoms with Crippen molar-refractivity contribution in [1.29, 1.82) is 0 Å². The van der Waals surface area contributed by atoms with Gasteiger partial charge in [0.25, 0.3) is 5.91 Å². The molecule has 0 saturated carbocycles. The number of hydrogen-bond donors (Lipinski definition) is 2. The monoisotopic (exact) mass is 269 g/mol. The maximum atomic E-state index is 11.9. The third-order valence-corrected chi connectivity index (χ3v) is 2.87. The maximum Gasteiger partial charge on any atom is 0.253 e. The molecule has 0 aliphatic rings. The molecule has 0 saturated heterocycles. The van der Waals surface area contributed by atoms with Gasteiger partial charge in [0, 0.05) is 24.0 Å². The number of rotatable bonds is 4. The van der Waals surface area contributed by atoms with Gasteiger partial charge in [-0.1, -0.05) is 12.1 Å². The number of amides is 2. The summed E-state index contributed by atoms with van der Waals surface area (Å²) in [7, 11) is 0. The van der Waals surface area contributed by atoms with Crippen molar-refractivity contribution in [2.75, 3.05) is 0 Å². The zero-order valence-corrected chi connectivity index (χ0v) is 11.1. The Morgan fingerprint density at radius 2 is 1.75 bits per heavy atom. The number of nitrogens with one attached hydrogen (secondary N) is 1. The molecule has 0 spiro atoms. The standard InChI is InChI=1S/C15H15N3O2/c1-10-2-5-13(9-17-10)15(20)18-8-11-3-6-12(7-4-11)14(16)19/h2-7,9H,8H2,1H3,(H2,16,19)(H,18,20). The summed E-state index contributed by atoms with van der Waals surface area (Å²) in [5.74, 6) is -0.650. The van der Waals surface area contributed by atoms with Crippen LogP contribution < -0.4 is 11.1 Å². The van der Waals surface area contributed by atoms with Crippen LogP contribution in [0.3, 0.4) is 0 Å². The van der Waals surface area contributed by atoms with Crippen LogP contribution in [0.1, 0.15) is 32.0 Å². The van der Waals surface area contributed by atoms with Crippen molar-refractivity contribution < 1.29 is 9.59 Å². The second kappa shape index (κ2) is 5.97. The summed E-state index contributed by atoms with van der Waals surface area (Å²) in [6.07, 6.45) is 1.54. The molecule has 1 aromatic heterocycles. The third-order valence-electron chi connectivity index (χ3n) is 2.87. The fraction of sp³-hybridized carbons (Fsp3) is 0.133. The first-order valence-electron chi connectivity index (χ1n) is 6.16. The van der Waals surface area contributed by atoms with E-state index in [9.17, 15) is 9.59 Å². The summed E-state index contributed by atoms with van der Waals surface area (Å²) in [5.41, 5.74) is 7.88. The minimum absolute atomic E-state index is 0.184. The molecule has 0 unspecified atom stereocenters. The minimum Gasteiger partial charge on any atom is -0.366 e. The predicted molar refractivity (Wildman–Crippen MR) is 75.1 cm³/mol. The van der Waals surface area contributed by atoms with E-state index in [-0.39, 0.29) is 5.91 Å². The van der Waals surface area contributed by atoms with Crippen LogP contribution in [-0.4, -0.2) is 16.8 Å². The molecule has 2 aromatic rings. The number of nitrogens with zero attached hydrogens (tertiary/aromatic N) is 1. The van der Waals surface area contributed by atoms with Crippen molar-refractivity contribution in [3.8, 4) is 0 Å². The average Bonchev–Trinajstić information content (AvgIpc) is 2.46. The molecule has 0 aliphatic heterocycles. The number of benzene rings is 1. The van der Waals surface area contributed by atoms with E-state index < -0.39 is 5.91 Å². The summed E-state index contributed by atoms with van der Waals surface area (Å²) in [5, 5.41) is 2.79. The molecule has 0 atom stereocenters. The molecule has 0 fully saturated rings. The van der Waals surface area contributed by atoms with Gasteiger partial charge in [0.05, 0.1) is 5.56 Å².